The minimum Gasteiger partial charge on any atom is -0.323 e. The largest absolute Gasteiger partial charge is 0.348 e. The zero-order valence-electron chi connectivity index (χ0n) is 8.90. The van der Waals surface area contributed by atoms with Crippen LogP contribution < -0.4 is 0 Å². The normalized spacial score (nSPS) is 17.2. The predicted octanol–water partition coefficient (Wildman–Crippen LogP) is 0.806. The minimum absolute atomic E-state index is 0.179. The van der Waals surface area contributed by atoms with Crippen LogP contribution in [0.1, 0.15) is 27.6 Å². The molecule has 2 rings (SSSR count). The van der Waals surface area contributed by atoms with Crippen LogP contribution in [0.5, 0.6) is 0 Å². The molecule has 1 aliphatic heterocycles. The number of benzene rings is 1. The van der Waals surface area contributed by atoms with Crippen LogP contribution in [0.4, 0.5) is 0 Å². The van der Waals surface area contributed by atoms with Crippen LogP contribution in [0.15, 0.2) is 24.3 Å². The molecule has 1 aromatic rings. The van der Waals surface area contributed by atoms with Gasteiger partial charge in [0.25, 0.3) is 11.8 Å². The first-order chi connectivity index (χ1) is 7.84. The van der Waals surface area contributed by atoms with Gasteiger partial charge in [0.1, 0.15) is 5.78 Å². The van der Waals surface area contributed by atoms with Gasteiger partial charge in [-0.1, -0.05) is 12.1 Å². The summed E-state index contributed by atoms with van der Waals surface area (Å²) in [4.78, 5) is 42.4. The molecule has 1 atom stereocenters. The summed E-state index contributed by atoms with van der Waals surface area (Å²) in [6.07, 6.45) is 0. The van der Waals surface area contributed by atoms with Crippen molar-refractivity contribution in [3.63, 3.8) is 0 Å². The molecule has 0 saturated heterocycles. The van der Waals surface area contributed by atoms with E-state index in [4.69, 9.17) is 9.79 Å². The van der Waals surface area contributed by atoms with E-state index in [1.165, 1.54) is 12.1 Å². The summed E-state index contributed by atoms with van der Waals surface area (Å²) in [5.74, 6) is -2.78. The van der Waals surface area contributed by atoms with E-state index in [1.54, 1.807) is 12.1 Å². The molecule has 0 aliphatic carbocycles. The average Bonchev–Trinajstić information content (AvgIpc) is 2.51. The number of fused-ring (bicyclic) bond motifs is 1. The van der Waals surface area contributed by atoms with Gasteiger partial charge in [0.2, 0.25) is 0 Å². The Labute approximate surface area is 97.0 Å². The van der Waals surface area contributed by atoms with E-state index in [0.29, 0.717) is 4.90 Å². The summed E-state index contributed by atoms with van der Waals surface area (Å²) < 4.78 is 11.1. The molecular formula is C10H10NO5P. The molecule has 6 nitrogen and oxygen atoms in total. The molecule has 1 aliphatic rings. The molecule has 1 heterocycles. The van der Waals surface area contributed by atoms with Gasteiger partial charge < -0.3 is 9.79 Å². The molecular weight excluding hydrogens is 245 g/mol. The second kappa shape index (κ2) is 3.77. The number of carbonyl (C=O) groups is 2. The van der Waals surface area contributed by atoms with Gasteiger partial charge in [-0.2, -0.15) is 0 Å². The smallest absolute Gasteiger partial charge is 0.323 e. The first-order valence-electron chi connectivity index (χ1n) is 4.86. The van der Waals surface area contributed by atoms with Crippen molar-refractivity contribution in [1.29, 1.82) is 0 Å². The van der Waals surface area contributed by atoms with Crippen LogP contribution in [0.3, 0.4) is 0 Å². The fourth-order valence-corrected chi connectivity index (χ4v) is 2.21. The number of rotatable bonds is 2. The van der Waals surface area contributed by atoms with Crippen LogP contribution in [0.2, 0.25) is 0 Å². The first kappa shape index (κ1) is 12.0. The minimum atomic E-state index is -4.52. The SMILES string of the molecule is C[C@@H](N1C(=O)c2ccccc2C1=O)P(=O)(O)O. The highest BCUT2D eigenvalue weighted by atomic mass is 31.2. The highest BCUT2D eigenvalue weighted by molar-refractivity contribution is 7.52. The topological polar surface area (TPSA) is 94.9 Å². The average molecular weight is 255 g/mol. The third-order valence-corrected chi connectivity index (χ3v) is 3.89. The molecule has 2 amide bonds. The van der Waals surface area contributed by atoms with Crippen molar-refractivity contribution in [2.75, 3.05) is 0 Å². The zero-order valence-corrected chi connectivity index (χ0v) is 9.79. The summed E-state index contributed by atoms with van der Waals surface area (Å²) >= 11 is 0. The lowest BCUT2D eigenvalue weighted by atomic mass is 10.1. The van der Waals surface area contributed by atoms with Crippen LogP contribution >= 0.6 is 7.60 Å². The third kappa shape index (κ3) is 1.80. The third-order valence-electron chi connectivity index (χ3n) is 2.69. The first-order valence-corrected chi connectivity index (χ1v) is 6.54. The fourth-order valence-electron chi connectivity index (χ4n) is 1.70. The standard InChI is InChI=1S/C10H10NO5P/c1-6(17(14,15)16)11-9(12)7-4-2-3-5-8(7)10(11)13/h2-6H,1H3,(H2,14,15,16)/t6-/m0/s1. The van der Waals surface area contributed by atoms with Crippen LogP contribution in [-0.4, -0.2) is 32.3 Å². The van der Waals surface area contributed by atoms with Crippen molar-refractivity contribution in [1.82, 2.24) is 4.90 Å². The molecule has 0 fully saturated rings. The highest BCUT2D eigenvalue weighted by Gasteiger charge is 2.44. The number of hydrogen-bond acceptors (Lipinski definition) is 3. The molecule has 1 aromatic carbocycles. The lowest BCUT2D eigenvalue weighted by Crippen LogP contribution is -2.37. The van der Waals surface area contributed by atoms with E-state index in [0.717, 1.165) is 6.92 Å². The molecule has 0 saturated carbocycles. The summed E-state index contributed by atoms with van der Waals surface area (Å²) in [6.45, 7) is 1.16. The molecule has 0 unspecified atom stereocenters. The molecule has 17 heavy (non-hydrogen) atoms. The van der Waals surface area contributed by atoms with Crippen molar-refractivity contribution in [2.45, 2.75) is 12.7 Å². The summed E-state index contributed by atoms with van der Waals surface area (Å²) in [5, 5.41) is 0. The lowest BCUT2D eigenvalue weighted by Gasteiger charge is -2.22. The number of hydrogen-bond donors (Lipinski definition) is 2. The maximum atomic E-state index is 11.9. The zero-order chi connectivity index (χ0) is 12.8. The Morgan fingerprint density at radius 2 is 1.53 bits per heavy atom. The molecule has 0 aromatic heterocycles. The van der Waals surface area contributed by atoms with Crippen LogP contribution in [0, 0.1) is 0 Å². The molecule has 0 radical (unpaired) electrons. The van der Waals surface area contributed by atoms with Gasteiger partial charge in [-0.05, 0) is 19.1 Å². The molecule has 2 N–H and O–H groups in total. The summed E-state index contributed by atoms with van der Waals surface area (Å²) in [5.41, 5.74) is 0.357. The Kier molecular flexibility index (Phi) is 2.66. The number of imide groups is 1. The van der Waals surface area contributed by atoms with Crippen molar-refractivity contribution < 1.29 is 23.9 Å². The quantitative estimate of drug-likeness (QED) is 0.602. The van der Waals surface area contributed by atoms with E-state index in [1.807, 2.05) is 0 Å². The van der Waals surface area contributed by atoms with Crippen molar-refractivity contribution in [3.8, 4) is 0 Å². The number of nitrogens with zero attached hydrogens (tertiary/aromatic N) is 1. The van der Waals surface area contributed by atoms with E-state index in [2.05, 4.69) is 0 Å². The Balaban J connectivity index is 2.47. The molecule has 0 spiro atoms. The molecule has 0 bridgehead atoms. The van der Waals surface area contributed by atoms with Gasteiger partial charge in [0, 0.05) is 0 Å². The number of amides is 2. The molecule has 90 valence electrons. The van der Waals surface area contributed by atoms with Crippen molar-refractivity contribution in [3.05, 3.63) is 35.4 Å². The summed E-state index contributed by atoms with van der Waals surface area (Å²) in [6, 6.07) is 6.11. The van der Waals surface area contributed by atoms with Crippen molar-refractivity contribution >= 4 is 19.4 Å². The second-order valence-electron chi connectivity index (χ2n) is 3.75. The Hall–Kier alpha value is -1.49. The molecule has 7 heteroatoms. The maximum Gasteiger partial charge on any atom is 0.348 e. The van der Waals surface area contributed by atoms with Crippen molar-refractivity contribution in [2.24, 2.45) is 0 Å². The van der Waals surface area contributed by atoms with Crippen LogP contribution in [0.25, 0.3) is 0 Å². The van der Waals surface area contributed by atoms with Gasteiger partial charge in [-0.3, -0.25) is 19.1 Å². The maximum absolute atomic E-state index is 11.9. The van der Waals surface area contributed by atoms with E-state index < -0.39 is 25.2 Å². The van der Waals surface area contributed by atoms with E-state index in [9.17, 15) is 14.2 Å². The monoisotopic (exact) mass is 255 g/mol. The van der Waals surface area contributed by atoms with E-state index >= 15 is 0 Å². The van der Waals surface area contributed by atoms with Crippen LogP contribution in [-0.2, 0) is 4.57 Å². The van der Waals surface area contributed by atoms with Gasteiger partial charge in [-0.15, -0.1) is 0 Å². The Bertz CT molecular complexity index is 514. The van der Waals surface area contributed by atoms with Gasteiger partial charge in [-0.25, -0.2) is 0 Å². The van der Waals surface area contributed by atoms with E-state index in [-0.39, 0.29) is 11.1 Å². The van der Waals surface area contributed by atoms with Gasteiger partial charge >= 0.3 is 7.60 Å². The Morgan fingerprint density at radius 1 is 1.12 bits per heavy atom. The number of carbonyl (C=O) groups excluding carboxylic acids is 2. The predicted molar refractivity (Wildman–Crippen MR) is 58.4 cm³/mol. The lowest BCUT2D eigenvalue weighted by molar-refractivity contribution is 0.0624. The fraction of sp³-hybridized carbons (Fsp3) is 0.200. The Morgan fingerprint density at radius 3 is 1.88 bits per heavy atom. The summed E-state index contributed by atoms with van der Waals surface area (Å²) in [7, 11) is -4.52. The highest BCUT2D eigenvalue weighted by Crippen LogP contribution is 2.44. The van der Waals surface area contributed by atoms with Gasteiger partial charge in [0.15, 0.2) is 0 Å². The second-order valence-corrected chi connectivity index (χ2v) is 5.67. The van der Waals surface area contributed by atoms with Gasteiger partial charge in [0.05, 0.1) is 11.1 Å².